The van der Waals surface area contributed by atoms with Crippen LogP contribution in [0.1, 0.15) is 34.1 Å². The van der Waals surface area contributed by atoms with Gasteiger partial charge in [-0.15, -0.1) is 11.3 Å². The van der Waals surface area contributed by atoms with Gasteiger partial charge in [0.15, 0.2) is 9.84 Å². The first-order valence-corrected chi connectivity index (χ1v) is 12.7. The minimum Gasteiger partial charge on any atom is -0.497 e. The Labute approximate surface area is 195 Å². The van der Waals surface area contributed by atoms with E-state index in [1.54, 1.807) is 6.92 Å². The average molecular weight is 496 g/mol. The Morgan fingerprint density at radius 1 is 1.21 bits per heavy atom. The van der Waals surface area contributed by atoms with Crippen molar-refractivity contribution in [2.24, 2.45) is 5.73 Å². The van der Waals surface area contributed by atoms with Crippen LogP contribution in [0.2, 0.25) is 0 Å². The number of sulfone groups is 1. The van der Waals surface area contributed by atoms with Gasteiger partial charge in [-0.2, -0.15) is 0 Å². The first kappa shape index (κ1) is 24.5. The molecule has 12 heteroatoms. The molecular weight excluding hydrogens is 470 g/mol. The van der Waals surface area contributed by atoms with E-state index in [1.807, 2.05) is 0 Å². The van der Waals surface area contributed by atoms with Crippen molar-refractivity contribution in [3.63, 3.8) is 0 Å². The standard InChI is InChI=1S/C21H25N3O7S2/c1-3-31-21(27)24-10-8-15-16(12-24)32-20(18(15)19(22)26)23-17(25)9-11-33(28,29)14-6-4-13(30-2)5-7-14/h4-7H,3,8-12H2,1-2H3,(H2,22,26)(H,23,25). The van der Waals surface area contributed by atoms with Gasteiger partial charge in [0.1, 0.15) is 10.8 Å². The van der Waals surface area contributed by atoms with E-state index in [0.29, 0.717) is 24.3 Å². The minimum atomic E-state index is -3.69. The maximum absolute atomic E-state index is 12.5. The lowest BCUT2D eigenvalue weighted by molar-refractivity contribution is -0.115. The quantitative estimate of drug-likeness (QED) is 0.571. The third kappa shape index (κ3) is 5.63. The molecule has 0 aliphatic carbocycles. The molecule has 0 radical (unpaired) electrons. The zero-order valence-electron chi connectivity index (χ0n) is 18.3. The molecule has 3 N–H and O–H groups in total. The van der Waals surface area contributed by atoms with Gasteiger partial charge in [0.25, 0.3) is 5.91 Å². The molecule has 3 amide bonds. The van der Waals surface area contributed by atoms with Gasteiger partial charge in [-0.05, 0) is 43.2 Å². The van der Waals surface area contributed by atoms with E-state index in [0.717, 1.165) is 16.2 Å². The molecule has 1 aliphatic heterocycles. The number of hydrogen-bond donors (Lipinski definition) is 2. The zero-order chi connectivity index (χ0) is 24.2. The average Bonchev–Trinajstić information content (AvgIpc) is 3.15. The lowest BCUT2D eigenvalue weighted by Gasteiger charge is -2.26. The van der Waals surface area contributed by atoms with Crippen LogP contribution in [0.25, 0.3) is 0 Å². The topological polar surface area (TPSA) is 145 Å². The van der Waals surface area contributed by atoms with Crippen LogP contribution in [-0.4, -0.2) is 57.2 Å². The minimum absolute atomic E-state index is 0.0829. The van der Waals surface area contributed by atoms with Gasteiger partial charge in [0.2, 0.25) is 5.91 Å². The molecule has 178 valence electrons. The lowest BCUT2D eigenvalue weighted by Crippen LogP contribution is -2.36. The molecule has 0 saturated carbocycles. The number of ether oxygens (including phenoxy) is 2. The number of anilines is 1. The van der Waals surface area contributed by atoms with E-state index in [4.69, 9.17) is 15.2 Å². The third-order valence-electron chi connectivity index (χ3n) is 5.10. The van der Waals surface area contributed by atoms with Crippen molar-refractivity contribution in [2.75, 3.05) is 31.3 Å². The van der Waals surface area contributed by atoms with E-state index in [9.17, 15) is 22.8 Å². The van der Waals surface area contributed by atoms with Crippen LogP contribution in [-0.2, 0) is 32.3 Å². The molecule has 0 atom stereocenters. The summed E-state index contributed by atoms with van der Waals surface area (Å²) in [5, 5.41) is 2.87. The van der Waals surface area contributed by atoms with Gasteiger partial charge < -0.3 is 25.4 Å². The predicted molar refractivity (Wildman–Crippen MR) is 122 cm³/mol. The lowest BCUT2D eigenvalue weighted by atomic mass is 10.0. The molecule has 0 bridgehead atoms. The van der Waals surface area contributed by atoms with Crippen molar-refractivity contribution >= 4 is 44.1 Å². The van der Waals surface area contributed by atoms with Crippen molar-refractivity contribution in [2.45, 2.75) is 31.2 Å². The number of nitrogens with two attached hydrogens (primary N) is 1. The highest BCUT2D eigenvalue weighted by Gasteiger charge is 2.30. The van der Waals surface area contributed by atoms with Crippen molar-refractivity contribution in [3.8, 4) is 5.75 Å². The number of carbonyl (C=O) groups excluding carboxylic acids is 3. The van der Waals surface area contributed by atoms with E-state index in [-0.39, 0.29) is 35.0 Å². The number of nitrogens with one attached hydrogen (secondary N) is 1. The van der Waals surface area contributed by atoms with E-state index >= 15 is 0 Å². The highest BCUT2D eigenvalue weighted by molar-refractivity contribution is 7.91. The highest BCUT2D eigenvalue weighted by atomic mass is 32.2. The second-order valence-electron chi connectivity index (χ2n) is 7.24. The number of hydrogen-bond acceptors (Lipinski definition) is 8. The molecule has 0 spiro atoms. The highest BCUT2D eigenvalue weighted by Crippen LogP contribution is 2.37. The number of methoxy groups -OCH3 is 1. The number of nitrogens with zero attached hydrogens (tertiary/aromatic N) is 1. The van der Waals surface area contributed by atoms with Crippen LogP contribution >= 0.6 is 11.3 Å². The van der Waals surface area contributed by atoms with E-state index < -0.39 is 33.5 Å². The molecule has 2 aromatic rings. The van der Waals surface area contributed by atoms with Crippen LogP contribution in [0.15, 0.2) is 29.2 Å². The van der Waals surface area contributed by atoms with Crippen LogP contribution < -0.4 is 15.8 Å². The Balaban J connectivity index is 1.70. The number of rotatable bonds is 8. The smallest absolute Gasteiger partial charge is 0.410 e. The fourth-order valence-electron chi connectivity index (χ4n) is 3.44. The number of amides is 3. The third-order valence-corrected chi connectivity index (χ3v) is 7.96. The Bertz CT molecular complexity index is 1160. The van der Waals surface area contributed by atoms with Gasteiger partial charge in [-0.25, -0.2) is 13.2 Å². The summed E-state index contributed by atoms with van der Waals surface area (Å²) in [6.07, 6.45) is -0.360. The number of primary amides is 1. The fourth-order valence-corrected chi connectivity index (χ4v) is 5.97. The molecule has 0 unspecified atom stereocenters. The Hall–Kier alpha value is -3.12. The van der Waals surface area contributed by atoms with Crippen LogP contribution in [0.3, 0.4) is 0 Å². The number of fused-ring (bicyclic) bond motifs is 1. The van der Waals surface area contributed by atoms with Gasteiger partial charge in [-0.1, -0.05) is 0 Å². The first-order chi connectivity index (χ1) is 15.7. The predicted octanol–water partition coefficient (Wildman–Crippen LogP) is 2.17. The normalized spacial score (nSPS) is 13.2. The molecule has 33 heavy (non-hydrogen) atoms. The van der Waals surface area contributed by atoms with Gasteiger partial charge >= 0.3 is 6.09 Å². The summed E-state index contributed by atoms with van der Waals surface area (Å²) < 4.78 is 35.1. The van der Waals surface area contributed by atoms with Gasteiger partial charge in [-0.3, -0.25) is 9.59 Å². The van der Waals surface area contributed by atoms with Crippen LogP contribution in [0.4, 0.5) is 9.80 Å². The first-order valence-electron chi connectivity index (χ1n) is 10.2. The SMILES string of the molecule is CCOC(=O)N1CCc2c(sc(NC(=O)CCS(=O)(=O)c3ccc(OC)cc3)c2C(N)=O)C1. The molecule has 1 aromatic carbocycles. The molecule has 1 aliphatic rings. The summed E-state index contributed by atoms with van der Waals surface area (Å²) in [4.78, 5) is 38.9. The summed E-state index contributed by atoms with van der Waals surface area (Å²) in [7, 11) is -2.21. The van der Waals surface area contributed by atoms with Gasteiger partial charge in [0.05, 0.1) is 36.5 Å². The summed E-state index contributed by atoms with van der Waals surface area (Å²) in [6.45, 7) is 2.56. The van der Waals surface area contributed by atoms with Crippen molar-refractivity contribution in [1.82, 2.24) is 4.90 Å². The molecule has 10 nitrogen and oxygen atoms in total. The molecule has 0 fully saturated rings. The maximum atomic E-state index is 12.5. The zero-order valence-corrected chi connectivity index (χ0v) is 19.9. The van der Waals surface area contributed by atoms with E-state index in [2.05, 4.69) is 5.32 Å². The Morgan fingerprint density at radius 3 is 2.52 bits per heavy atom. The fraction of sp³-hybridized carbons (Fsp3) is 0.381. The number of carbonyl (C=O) groups is 3. The monoisotopic (exact) mass is 495 g/mol. The van der Waals surface area contributed by atoms with Crippen molar-refractivity contribution < 1.29 is 32.3 Å². The largest absolute Gasteiger partial charge is 0.497 e. The van der Waals surface area contributed by atoms with Crippen LogP contribution in [0, 0.1) is 0 Å². The van der Waals surface area contributed by atoms with Crippen molar-refractivity contribution in [3.05, 3.63) is 40.3 Å². The van der Waals surface area contributed by atoms with Crippen LogP contribution in [0.5, 0.6) is 5.75 Å². The molecular formula is C21H25N3O7S2. The molecule has 3 rings (SSSR count). The maximum Gasteiger partial charge on any atom is 0.410 e. The summed E-state index contributed by atoms with van der Waals surface area (Å²) in [5.74, 6) is -1.14. The second-order valence-corrected chi connectivity index (χ2v) is 10.4. The van der Waals surface area contributed by atoms with Gasteiger partial charge in [0, 0.05) is 17.8 Å². The molecule has 0 saturated heterocycles. The second kappa shape index (κ2) is 10.2. The van der Waals surface area contributed by atoms with Crippen molar-refractivity contribution in [1.29, 1.82) is 0 Å². The summed E-state index contributed by atoms with van der Waals surface area (Å²) in [6, 6.07) is 5.89. The molecule has 1 aromatic heterocycles. The summed E-state index contributed by atoms with van der Waals surface area (Å²) >= 11 is 1.15. The Morgan fingerprint density at radius 2 is 1.91 bits per heavy atom. The number of benzene rings is 1. The summed E-state index contributed by atoms with van der Waals surface area (Å²) in [5.41, 5.74) is 6.44. The Kier molecular flexibility index (Phi) is 7.59. The van der Waals surface area contributed by atoms with E-state index in [1.165, 1.54) is 36.3 Å². The molecule has 2 heterocycles. The number of thiophene rings is 1.